The van der Waals surface area contributed by atoms with Gasteiger partial charge in [-0.3, -0.25) is 0 Å². The first-order valence-electron chi connectivity index (χ1n) is 13.3. The molecule has 0 saturated heterocycles. The van der Waals surface area contributed by atoms with E-state index in [1.54, 1.807) is 18.4 Å². The Labute approximate surface area is 235 Å². The number of aromatic nitrogens is 1. The molecule has 1 atom stereocenters. The van der Waals surface area contributed by atoms with Crippen molar-refractivity contribution >= 4 is 20.0 Å². The van der Waals surface area contributed by atoms with Crippen molar-refractivity contribution in [1.29, 1.82) is 0 Å². The van der Waals surface area contributed by atoms with Crippen molar-refractivity contribution in [3.8, 4) is 33.4 Å². The Hall–Kier alpha value is -4.00. The highest BCUT2D eigenvalue weighted by Gasteiger charge is 2.15. The molecule has 0 N–H and O–H groups in total. The molecule has 3 heteroatoms. The Balaban J connectivity index is 1.86. The molecule has 0 saturated carbocycles. The molecule has 0 amide bonds. The highest BCUT2D eigenvalue weighted by molar-refractivity contribution is 7.46. The summed E-state index contributed by atoms with van der Waals surface area (Å²) in [6, 6.07) is 24.4. The van der Waals surface area contributed by atoms with E-state index >= 15 is 0 Å². The number of benzene rings is 3. The highest BCUT2D eigenvalue weighted by atomic mass is 31.1. The van der Waals surface area contributed by atoms with Gasteiger partial charge in [0.2, 0.25) is 0 Å². The minimum absolute atomic E-state index is 0.727. The molecule has 1 aromatic heterocycles. The molecule has 3 aromatic carbocycles. The number of pyridine rings is 1. The summed E-state index contributed by atoms with van der Waals surface area (Å²) in [5.41, 5.74) is 13.1. The third kappa shape index (κ3) is 5.87. The van der Waals surface area contributed by atoms with E-state index in [0.29, 0.717) is 0 Å². The summed E-state index contributed by atoms with van der Waals surface area (Å²) >= 11 is 0. The second-order valence-electron chi connectivity index (χ2n) is 9.47. The van der Waals surface area contributed by atoms with E-state index in [1.165, 1.54) is 49.8 Å². The van der Waals surface area contributed by atoms with Gasteiger partial charge in [-0.2, -0.15) is 0 Å². The first-order chi connectivity index (χ1) is 18.9. The average molecular weight is 529 g/mol. The van der Waals surface area contributed by atoms with Crippen molar-refractivity contribution < 1.29 is 0 Å². The summed E-state index contributed by atoms with van der Waals surface area (Å²) in [6.07, 6.45) is 10.3. The maximum absolute atomic E-state index is 4.70. The van der Waals surface area contributed by atoms with Crippen LogP contribution in [-0.2, 0) is 13.5 Å². The van der Waals surface area contributed by atoms with Crippen molar-refractivity contribution in [1.82, 2.24) is 4.57 Å². The number of nitrogens with zero attached hydrogens (tertiary/aromatic N) is 2. The molecule has 39 heavy (non-hydrogen) atoms. The van der Waals surface area contributed by atoms with Gasteiger partial charge in [0, 0.05) is 19.4 Å². The fourth-order valence-corrected chi connectivity index (χ4v) is 5.81. The van der Waals surface area contributed by atoms with Crippen molar-refractivity contribution in [2.45, 2.75) is 20.3 Å². The molecule has 0 fully saturated rings. The Morgan fingerprint density at radius 1 is 0.872 bits per heavy atom. The minimum atomic E-state index is 0.727. The Bertz CT molecular complexity index is 1640. The van der Waals surface area contributed by atoms with Crippen LogP contribution >= 0.6 is 8.58 Å². The van der Waals surface area contributed by atoms with Crippen LogP contribution in [0.15, 0.2) is 122 Å². The summed E-state index contributed by atoms with van der Waals surface area (Å²) in [5.74, 6) is 0. The molecule has 0 bridgehead atoms. The summed E-state index contributed by atoms with van der Waals surface area (Å²) in [6.45, 7) is 18.4. The molecule has 1 unspecified atom stereocenters. The molecular formula is C36H37N2P. The SMILES string of the molecule is C=CC(C=C)=CN=c1cc(-c2cccc(-c3cccc(-c4ccc(C=C)c(PC)c4)c3CC)c2C)ccn1C. The number of hydrogen-bond donors (Lipinski definition) is 0. The molecule has 4 aromatic rings. The van der Waals surface area contributed by atoms with Crippen molar-refractivity contribution in [3.63, 3.8) is 0 Å². The molecule has 1 heterocycles. The molecule has 0 aliphatic heterocycles. The van der Waals surface area contributed by atoms with Crippen LogP contribution in [0.5, 0.6) is 0 Å². The molecular weight excluding hydrogens is 491 g/mol. The van der Waals surface area contributed by atoms with E-state index in [-0.39, 0.29) is 0 Å². The number of hydrogen-bond acceptors (Lipinski definition) is 1. The second kappa shape index (κ2) is 12.7. The minimum Gasteiger partial charge on any atom is -0.336 e. The maximum Gasteiger partial charge on any atom is 0.132 e. The summed E-state index contributed by atoms with van der Waals surface area (Å²) in [4.78, 5) is 4.70. The number of aryl methyl sites for hydroxylation is 1. The number of allylic oxidation sites excluding steroid dienone is 3. The van der Waals surface area contributed by atoms with Crippen molar-refractivity contribution in [3.05, 3.63) is 139 Å². The van der Waals surface area contributed by atoms with Gasteiger partial charge in [-0.25, -0.2) is 4.99 Å². The monoisotopic (exact) mass is 528 g/mol. The van der Waals surface area contributed by atoms with E-state index in [4.69, 9.17) is 4.99 Å². The van der Waals surface area contributed by atoms with Crippen LogP contribution in [0.25, 0.3) is 39.5 Å². The van der Waals surface area contributed by atoms with Gasteiger partial charge >= 0.3 is 0 Å². The fraction of sp³-hybridized carbons (Fsp3) is 0.139. The lowest BCUT2D eigenvalue weighted by Gasteiger charge is -2.18. The summed E-state index contributed by atoms with van der Waals surface area (Å²) in [7, 11) is 2.73. The van der Waals surface area contributed by atoms with Crippen LogP contribution in [0.4, 0.5) is 0 Å². The average Bonchev–Trinajstić information content (AvgIpc) is 2.98. The standard InChI is InChI=1S/C36H37N2P/c1-8-26(9-2)24-37-36-23-29(20-21-38(36)6)31-14-12-15-32(25(31)5)34-17-13-16-33(30(34)11-4)28-19-18-27(10-3)35(22-28)39-7/h8-10,12-24,39H,1-3,11H2,4-7H3. The number of rotatable bonds is 9. The molecule has 4 rings (SSSR count). The van der Waals surface area contributed by atoms with E-state index in [2.05, 4.69) is 113 Å². The normalized spacial score (nSPS) is 11.5. The topological polar surface area (TPSA) is 17.3 Å². The van der Waals surface area contributed by atoms with E-state index in [0.717, 1.165) is 31.6 Å². The second-order valence-corrected chi connectivity index (χ2v) is 10.5. The van der Waals surface area contributed by atoms with Crippen molar-refractivity contribution in [2.75, 3.05) is 6.66 Å². The molecule has 0 aliphatic carbocycles. The van der Waals surface area contributed by atoms with Crippen LogP contribution < -0.4 is 10.8 Å². The lowest BCUT2D eigenvalue weighted by atomic mass is 9.86. The van der Waals surface area contributed by atoms with Crippen LogP contribution in [0, 0.1) is 6.92 Å². The quantitative estimate of drug-likeness (QED) is 0.153. The van der Waals surface area contributed by atoms with Gasteiger partial charge in [0.15, 0.2) is 0 Å². The highest BCUT2D eigenvalue weighted by Crippen LogP contribution is 2.37. The van der Waals surface area contributed by atoms with Gasteiger partial charge in [-0.15, -0.1) is 0 Å². The zero-order chi connectivity index (χ0) is 27.9. The maximum atomic E-state index is 4.70. The zero-order valence-electron chi connectivity index (χ0n) is 23.5. The molecule has 196 valence electrons. The van der Waals surface area contributed by atoms with Gasteiger partial charge in [-0.1, -0.05) is 102 Å². The van der Waals surface area contributed by atoms with Crippen LogP contribution in [0.3, 0.4) is 0 Å². The third-order valence-electron chi connectivity index (χ3n) is 7.26. The molecule has 0 radical (unpaired) electrons. The Kier molecular flexibility index (Phi) is 9.12. The summed E-state index contributed by atoms with van der Waals surface area (Å²) in [5, 5.41) is 1.36. The van der Waals surface area contributed by atoms with Crippen LogP contribution in [0.2, 0.25) is 0 Å². The zero-order valence-corrected chi connectivity index (χ0v) is 24.5. The first-order valence-corrected chi connectivity index (χ1v) is 14.8. The molecule has 2 nitrogen and oxygen atoms in total. The van der Waals surface area contributed by atoms with Crippen LogP contribution in [-0.4, -0.2) is 11.2 Å². The molecule has 0 aliphatic rings. The van der Waals surface area contributed by atoms with E-state index < -0.39 is 0 Å². The predicted octanol–water partition coefficient (Wildman–Crippen LogP) is 8.63. The predicted molar refractivity (Wildman–Crippen MR) is 174 cm³/mol. The summed E-state index contributed by atoms with van der Waals surface area (Å²) < 4.78 is 2.02. The first kappa shape index (κ1) is 28.0. The Morgan fingerprint density at radius 2 is 1.54 bits per heavy atom. The lowest BCUT2D eigenvalue weighted by molar-refractivity contribution is 0.834. The fourth-order valence-electron chi connectivity index (χ4n) is 5.03. The van der Waals surface area contributed by atoms with Gasteiger partial charge in [0.1, 0.15) is 5.49 Å². The smallest absolute Gasteiger partial charge is 0.132 e. The van der Waals surface area contributed by atoms with Crippen molar-refractivity contribution in [2.24, 2.45) is 12.0 Å². The van der Waals surface area contributed by atoms with E-state index in [1.807, 2.05) is 17.7 Å². The van der Waals surface area contributed by atoms with Gasteiger partial charge in [0.05, 0.1) is 0 Å². The Morgan fingerprint density at radius 3 is 2.21 bits per heavy atom. The third-order valence-corrected chi connectivity index (χ3v) is 8.23. The van der Waals surface area contributed by atoms with E-state index in [9.17, 15) is 0 Å². The van der Waals surface area contributed by atoms with Gasteiger partial charge in [-0.05, 0) is 99.2 Å². The molecule has 0 spiro atoms. The van der Waals surface area contributed by atoms with Crippen LogP contribution in [0.1, 0.15) is 23.6 Å². The largest absolute Gasteiger partial charge is 0.336 e. The van der Waals surface area contributed by atoms with Gasteiger partial charge < -0.3 is 4.57 Å². The van der Waals surface area contributed by atoms with Gasteiger partial charge in [0.25, 0.3) is 0 Å². The lowest BCUT2D eigenvalue weighted by Crippen LogP contribution is -2.16.